The van der Waals surface area contributed by atoms with Crippen LogP contribution in [0, 0.1) is 15.9 Å². The van der Waals surface area contributed by atoms with Gasteiger partial charge in [0.15, 0.2) is 11.6 Å². The Bertz CT molecular complexity index is 466. The summed E-state index contributed by atoms with van der Waals surface area (Å²) in [7, 11) is 1.29. The smallest absolute Gasteiger partial charge is 0.314 e. The fourth-order valence-corrected chi connectivity index (χ4v) is 1.58. The highest BCUT2D eigenvalue weighted by Crippen LogP contribution is 2.33. The van der Waals surface area contributed by atoms with E-state index in [0.29, 0.717) is 19.1 Å². The summed E-state index contributed by atoms with van der Waals surface area (Å²) in [5.41, 5.74) is -0.403. The Kier molecular flexibility index (Phi) is 6.17. The first-order valence-electron chi connectivity index (χ1n) is 6.33. The predicted molar refractivity (Wildman–Crippen MR) is 72.9 cm³/mol. The number of nitro benzene ring substituents is 1. The Morgan fingerprint density at radius 1 is 1.40 bits per heavy atom. The normalized spacial score (nSPS) is 10.7. The molecule has 0 spiro atoms. The van der Waals surface area contributed by atoms with Crippen LogP contribution >= 0.6 is 0 Å². The van der Waals surface area contributed by atoms with Crippen molar-refractivity contribution in [2.75, 3.05) is 20.3 Å². The predicted octanol–water partition coefficient (Wildman–Crippen LogP) is 2.51. The van der Waals surface area contributed by atoms with Gasteiger partial charge >= 0.3 is 5.69 Å². The third-order valence-corrected chi connectivity index (χ3v) is 2.56. The lowest BCUT2D eigenvalue weighted by Crippen LogP contribution is -2.24. The highest BCUT2D eigenvalue weighted by Gasteiger charge is 2.20. The summed E-state index contributed by atoms with van der Waals surface area (Å²) >= 11 is 0. The molecule has 1 aromatic carbocycles. The second kappa shape index (κ2) is 7.64. The van der Waals surface area contributed by atoms with Gasteiger partial charge < -0.3 is 14.8 Å². The van der Waals surface area contributed by atoms with Crippen LogP contribution in [0.1, 0.15) is 20.3 Å². The number of rotatable bonds is 8. The molecular weight excluding hydrogens is 267 g/mol. The molecule has 0 aliphatic rings. The van der Waals surface area contributed by atoms with E-state index < -0.39 is 16.4 Å². The number of methoxy groups -OCH3 is 1. The summed E-state index contributed by atoms with van der Waals surface area (Å²) in [5, 5.41) is 14.1. The third-order valence-electron chi connectivity index (χ3n) is 2.56. The van der Waals surface area contributed by atoms with Crippen LogP contribution in [0.25, 0.3) is 0 Å². The van der Waals surface area contributed by atoms with Gasteiger partial charge in [0.25, 0.3) is 0 Å². The Balaban J connectivity index is 2.69. The lowest BCUT2D eigenvalue weighted by Gasteiger charge is -2.10. The minimum Gasteiger partial charge on any atom is -0.494 e. The highest BCUT2D eigenvalue weighted by molar-refractivity contribution is 5.51. The molecule has 0 aliphatic carbocycles. The van der Waals surface area contributed by atoms with E-state index in [-0.39, 0.29) is 11.5 Å². The van der Waals surface area contributed by atoms with Gasteiger partial charge in [-0.15, -0.1) is 0 Å². The van der Waals surface area contributed by atoms with E-state index in [0.717, 1.165) is 12.6 Å². The standard InChI is InChI=1S/C13H19FN2O4/c1-9(2)15-5-4-6-20-13-8-12(19-3)10(14)7-11(13)16(17)18/h7-9,15H,4-6H2,1-3H3. The van der Waals surface area contributed by atoms with E-state index in [1.54, 1.807) is 0 Å². The lowest BCUT2D eigenvalue weighted by molar-refractivity contribution is -0.386. The summed E-state index contributed by atoms with van der Waals surface area (Å²) in [4.78, 5) is 10.2. The van der Waals surface area contributed by atoms with Crippen molar-refractivity contribution in [2.45, 2.75) is 26.3 Å². The molecule has 1 rings (SSSR count). The SMILES string of the molecule is COc1cc(OCCCNC(C)C)c([N+](=O)[O-])cc1F. The van der Waals surface area contributed by atoms with E-state index in [9.17, 15) is 14.5 Å². The Morgan fingerprint density at radius 2 is 2.10 bits per heavy atom. The molecule has 0 atom stereocenters. The number of halogens is 1. The zero-order chi connectivity index (χ0) is 15.1. The van der Waals surface area contributed by atoms with Crippen LogP contribution < -0.4 is 14.8 Å². The van der Waals surface area contributed by atoms with Gasteiger partial charge in [0.2, 0.25) is 5.75 Å². The maximum Gasteiger partial charge on any atom is 0.314 e. The monoisotopic (exact) mass is 286 g/mol. The van der Waals surface area contributed by atoms with Crippen LogP contribution in [0.3, 0.4) is 0 Å². The number of hydrogen-bond acceptors (Lipinski definition) is 5. The van der Waals surface area contributed by atoms with E-state index in [1.807, 2.05) is 13.8 Å². The van der Waals surface area contributed by atoms with Crippen molar-refractivity contribution in [3.8, 4) is 11.5 Å². The van der Waals surface area contributed by atoms with E-state index in [2.05, 4.69) is 5.32 Å². The topological polar surface area (TPSA) is 73.6 Å². The van der Waals surface area contributed by atoms with Crippen molar-refractivity contribution >= 4 is 5.69 Å². The summed E-state index contributed by atoms with van der Waals surface area (Å²) < 4.78 is 23.6. The molecule has 0 aromatic heterocycles. The number of ether oxygens (including phenoxy) is 2. The zero-order valence-corrected chi connectivity index (χ0v) is 11.8. The molecule has 112 valence electrons. The molecule has 0 amide bonds. The van der Waals surface area contributed by atoms with Crippen LogP contribution in [0.4, 0.5) is 10.1 Å². The van der Waals surface area contributed by atoms with Gasteiger partial charge in [-0.2, -0.15) is 0 Å². The number of hydrogen-bond donors (Lipinski definition) is 1. The first-order chi connectivity index (χ1) is 9.45. The second-order valence-corrected chi connectivity index (χ2v) is 4.52. The number of benzene rings is 1. The molecular formula is C13H19FN2O4. The van der Waals surface area contributed by atoms with Gasteiger partial charge in [0, 0.05) is 12.1 Å². The van der Waals surface area contributed by atoms with Crippen molar-refractivity contribution in [3.05, 3.63) is 28.1 Å². The molecule has 0 radical (unpaired) electrons. The summed E-state index contributed by atoms with van der Waals surface area (Å²) in [6.45, 7) is 5.09. The third kappa shape index (κ3) is 4.65. The number of nitro groups is 1. The van der Waals surface area contributed by atoms with Gasteiger partial charge in [0.05, 0.1) is 24.7 Å². The molecule has 7 heteroatoms. The van der Waals surface area contributed by atoms with E-state index in [1.165, 1.54) is 13.2 Å². The minimum atomic E-state index is -0.784. The highest BCUT2D eigenvalue weighted by atomic mass is 19.1. The average molecular weight is 286 g/mol. The van der Waals surface area contributed by atoms with Crippen LogP contribution in [0.15, 0.2) is 12.1 Å². The molecule has 0 saturated heterocycles. The van der Waals surface area contributed by atoms with Gasteiger partial charge in [-0.1, -0.05) is 13.8 Å². The summed E-state index contributed by atoms with van der Waals surface area (Å²) in [6.07, 6.45) is 0.690. The average Bonchev–Trinajstić information content (AvgIpc) is 2.38. The lowest BCUT2D eigenvalue weighted by atomic mass is 10.2. The van der Waals surface area contributed by atoms with E-state index >= 15 is 0 Å². The fourth-order valence-electron chi connectivity index (χ4n) is 1.58. The van der Waals surface area contributed by atoms with Crippen LogP contribution in [-0.2, 0) is 0 Å². The molecule has 1 aromatic rings. The molecule has 0 heterocycles. The fraction of sp³-hybridized carbons (Fsp3) is 0.538. The molecule has 0 aliphatic heterocycles. The Hall–Kier alpha value is -1.89. The summed E-state index contributed by atoms with van der Waals surface area (Å²) in [6, 6.07) is 2.37. The first-order valence-corrected chi connectivity index (χ1v) is 6.33. The van der Waals surface area contributed by atoms with Gasteiger partial charge in [0.1, 0.15) is 0 Å². The van der Waals surface area contributed by atoms with Crippen molar-refractivity contribution in [3.63, 3.8) is 0 Å². The zero-order valence-electron chi connectivity index (χ0n) is 11.8. The quantitative estimate of drug-likeness (QED) is 0.451. The number of nitrogens with zero attached hydrogens (tertiary/aromatic N) is 1. The van der Waals surface area contributed by atoms with Crippen LogP contribution in [0.2, 0.25) is 0 Å². The molecule has 0 unspecified atom stereocenters. The van der Waals surface area contributed by atoms with E-state index in [4.69, 9.17) is 9.47 Å². The molecule has 1 N–H and O–H groups in total. The van der Waals surface area contributed by atoms with Crippen molar-refractivity contribution in [1.82, 2.24) is 5.32 Å². The van der Waals surface area contributed by atoms with Gasteiger partial charge in [-0.25, -0.2) is 4.39 Å². The van der Waals surface area contributed by atoms with Crippen molar-refractivity contribution in [2.24, 2.45) is 0 Å². The van der Waals surface area contributed by atoms with Crippen molar-refractivity contribution < 1.29 is 18.8 Å². The Morgan fingerprint density at radius 3 is 2.65 bits per heavy atom. The second-order valence-electron chi connectivity index (χ2n) is 4.52. The van der Waals surface area contributed by atoms with Gasteiger partial charge in [-0.3, -0.25) is 10.1 Å². The molecule has 6 nitrogen and oxygen atoms in total. The van der Waals surface area contributed by atoms with Crippen molar-refractivity contribution in [1.29, 1.82) is 0 Å². The van der Waals surface area contributed by atoms with Gasteiger partial charge in [-0.05, 0) is 13.0 Å². The first kappa shape index (κ1) is 16.2. The molecule has 0 bridgehead atoms. The molecule has 20 heavy (non-hydrogen) atoms. The maximum absolute atomic E-state index is 13.4. The van der Waals surface area contributed by atoms with Crippen LogP contribution in [0.5, 0.6) is 11.5 Å². The largest absolute Gasteiger partial charge is 0.494 e. The maximum atomic E-state index is 13.4. The molecule has 0 fully saturated rings. The molecule has 0 saturated carbocycles. The van der Waals surface area contributed by atoms with Crippen LogP contribution in [-0.4, -0.2) is 31.2 Å². The summed E-state index contributed by atoms with van der Waals surface area (Å²) in [5.74, 6) is -0.850. The number of nitrogens with one attached hydrogen (secondary N) is 1. The minimum absolute atomic E-state index is 0.0118. The Labute approximate surface area is 117 Å².